The van der Waals surface area contributed by atoms with Gasteiger partial charge in [0.05, 0.1) is 4.92 Å². The Morgan fingerprint density at radius 2 is 2.42 bits per heavy atom. The first kappa shape index (κ1) is 8.66. The zero-order valence-electron chi connectivity index (χ0n) is 6.23. The van der Waals surface area contributed by atoms with Gasteiger partial charge in [0, 0.05) is 6.92 Å². The van der Waals surface area contributed by atoms with Gasteiger partial charge in [0.1, 0.15) is 5.69 Å². The van der Waals surface area contributed by atoms with Gasteiger partial charge in [-0.25, -0.2) is 0 Å². The number of nitrogens with zero attached hydrogens (tertiary/aromatic N) is 1. The first-order valence-electron chi connectivity index (χ1n) is 3.10. The van der Waals surface area contributed by atoms with Crippen LogP contribution in [0.25, 0.3) is 0 Å². The van der Waals surface area contributed by atoms with Crippen molar-refractivity contribution in [3.05, 3.63) is 21.6 Å². The van der Waals surface area contributed by atoms with E-state index in [-0.39, 0.29) is 16.6 Å². The van der Waals surface area contributed by atoms with Crippen LogP contribution in [0.2, 0.25) is 0 Å². The molecule has 0 saturated heterocycles. The molecule has 0 bridgehead atoms. The first-order valence-corrected chi connectivity index (χ1v) is 3.98. The van der Waals surface area contributed by atoms with Crippen LogP contribution in [-0.2, 0) is 4.79 Å². The van der Waals surface area contributed by atoms with Crippen LogP contribution in [0.4, 0.5) is 10.7 Å². The molecule has 0 saturated carbocycles. The molecule has 1 amide bonds. The van der Waals surface area contributed by atoms with Gasteiger partial charge in [-0.15, -0.1) is 0 Å². The van der Waals surface area contributed by atoms with Crippen molar-refractivity contribution in [3.8, 4) is 0 Å². The first-order chi connectivity index (χ1) is 5.61. The Kier molecular flexibility index (Phi) is 2.39. The molecule has 0 aromatic carbocycles. The van der Waals surface area contributed by atoms with Crippen LogP contribution in [0.15, 0.2) is 11.4 Å². The lowest BCUT2D eigenvalue weighted by atomic mass is 10.5. The van der Waals surface area contributed by atoms with E-state index in [1.54, 1.807) is 5.38 Å². The maximum absolute atomic E-state index is 10.6. The van der Waals surface area contributed by atoms with Crippen molar-refractivity contribution in [2.45, 2.75) is 6.92 Å². The van der Waals surface area contributed by atoms with Gasteiger partial charge in [0.15, 0.2) is 0 Å². The van der Waals surface area contributed by atoms with Crippen LogP contribution in [0.3, 0.4) is 0 Å². The Morgan fingerprint density at radius 1 is 1.75 bits per heavy atom. The molecule has 0 aliphatic carbocycles. The van der Waals surface area contributed by atoms with E-state index in [0.717, 1.165) is 11.3 Å². The zero-order chi connectivity index (χ0) is 9.14. The number of nitro groups is 1. The van der Waals surface area contributed by atoms with E-state index in [1.165, 1.54) is 13.0 Å². The molecule has 12 heavy (non-hydrogen) atoms. The summed E-state index contributed by atoms with van der Waals surface area (Å²) in [5.41, 5.74) is 0.262. The van der Waals surface area contributed by atoms with E-state index in [1.807, 2.05) is 0 Å². The highest BCUT2D eigenvalue weighted by atomic mass is 32.1. The number of carbonyl (C=O) groups is 1. The standard InChI is InChI=1S/C6H6N2O3S/c1-4(9)7-5-2-3-12-6(5)8(10)11/h2-3H,1H3,(H,7,9). The lowest BCUT2D eigenvalue weighted by molar-refractivity contribution is -0.379. The Labute approximate surface area is 72.2 Å². The maximum atomic E-state index is 10.6. The van der Waals surface area contributed by atoms with Crippen molar-refractivity contribution >= 4 is 27.9 Å². The Balaban J connectivity index is 2.91. The highest BCUT2D eigenvalue weighted by Crippen LogP contribution is 2.30. The van der Waals surface area contributed by atoms with Crippen molar-refractivity contribution in [2.24, 2.45) is 0 Å². The van der Waals surface area contributed by atoms with Gasteiger partial charge in [0.25, 0.3) is 0 Å². The van der Waals surface area contributed by atoms with Crippen LogP contribution >= 0.6 is 11.3 Å². The number of hydrogen-bond donors (Lipinski definition) is 1. The van der Waals surface area contributed by atoms with Gasteiger partial charge >= 0.3 is 5.00 Å². The Hall–Kier alpha value is -1.43. The van der Waals surface area contributed by atoms with Crippen LogP contribution in [0.5, 0.6) is 0 Å². The van der Waals surface area contributed by atoms with Crippen molar-refractivity contribution in [1.29, 1.82) is 0 Å². The molecule has 0 radical (unpaired) electrons. The number of hydrogen-bond acceptors (Lipinski definition) is 4. The molecule has 1 aromatic heterocycles. The van der Waals surface area contributed by atoms with Gasteiger partial charge in [-0.05, 0) is 11.4 Å². The molecular weight excluding hydrogens is 180 g/mol. The summed E-state index contributed by atoms with van der Waals surface area (Å²) in [5.74, 6) is -0.309. The van der Waals surface area contributed by atoms with E-state index in [4.69, 9.17) is 0 Å². The molecule has 1 aromatic rings. The average Bonchev–Trinajstić information content (AvgIpc) is 2.33. The minimum absolute atomic E-state index is 0.0369. The highest BCUT2D eigenvalue weighted by molar-refractivity contribution is 7.14. The number of amides is 1. The Bertz CT molecular complexity index is 320. The lowest BCUT2D eigenvalue weighted by Crippen LogP contribution is -2.06. The smallest absolute Gasteiger partial charge is 0.320 e. The summed E-state index contributed by atoms with van der Waals surface area (Å²) in [5, 5.41) is 14.2. The van der Waals surface area contributed by atoms with E-state index in [2.05, 4.69) is 5.32 Å². The van der Waals surface area contributed by atoms with Crippen LogP contribution < -0.4 is 5.32 Å². The second-order valence-electron chi connectivity index (χ2n) is 2.08. The summed E-state index contributed by atoms with van der Waals surface area (Å²) in [6, 6.07) is 1.50. The molecule has 6 heteroatoms. The summed E-state index contributed by atoms with van der Waals surface area (Å²) < 4.78 is 0. The maximum Gasteiger partial charge on any atom is 0.347 e. The van der Waals surface area contributed by atoms with E-state index in [0.29, 0.717) is 0 Å². The minimum Gasteiger partial charge on any atom is -0.320 e. The molecule has 1 heterocycles. The zero-order valence-corrected chi connectivity index (χ0v) is 7.05. The largest absolute Gasteiger partial charge is 0.347 e. The molecule has 64 valence electrons. The molecule has 0 spiro atoms. The summed E-state index contributed by atoms with van der Waals surface area (Å²) in [4.78, 5) is 20.4. The molecular formula is C6H6N2O3S. The van der Waals surface area contributed by atoms with Crippen LogP contribution in [-0.4, -0.2) is 10.8 Å². The Morgan fingerprint density at radius 3 is 2.92 bits per heavy atom. The summed E-state index contributed by atoms with van der Waals surface area (Å²) in [6.45, 7) is 1.31. The van der Waals surface area contributed by atoms with Crippen molar-refractivity contribution < 1.29 is 9.72 Å². The number of rotatable bonds is 2. The number of nitrogens with one attached hydrogen (secondary N) is 1. The van der Waals surface area contributed by atoms with Crippen molar-refractivity contribution in [3.63, 3.8) is 0 Å². The summed E-state index contributed by atoms with van der Waals surface area (Å²) in [6.07, 6.45) is 0. The van der Waals surface area contributed by atoms with Crippen LogP contribution in [0, 0.1) is 10.1 Å². The summed E-state index contributed by atoms with van der Waals surface area (Å²) >= 11 is 0.986. The van der Waals surface area contributed by atoms with Gasteiger partial charge in [-0.3, -0.25) is 14.9 Å². The predicted molar refractivity (Wildman–Crippen MR) is 45.3 cm³/mol. The number of thiophene rings is 1. The molecule has 0 atom stereocenters. The minimum atomic E-state index is -0.518. The fourth-order valence-corrected chi connectivity index (χ4v) is 1.39. The molecule has 0 aliphatic heterocycles. The van der Waals surface area contributed by atoms with Crippen molar-refractivity contribution in [2.75, 3.05) is 5.32 Å². The molecule has 0 fully saturated rings. The second-order valence-corrected chi connectivity index (χ2v) is 2.97. The molecule has 1 rings (SSSR count). The van der Waals surface area contributed by atoms with Gasteiger partial charge < -0.3 is 5.32 Å². The van der Waals surface area contributed by atoms with E-state index in [9.17, 15) is 14.9 Å². The quantitative estimate of drug-likeness (QED) is 0.563. The third-order valence-corrected chi connectivity index (χ3v) is 1.99. The van der Waals surface area contributed by atoms with Gasteiger partial charge in [-0.1, -0.05) is 11.3 Å². The molecule has 5 nitrogen and oxygen atoms in total. The van der Waals surface area contributed by atoms with Crippen molar-refractivity contribution in [1.82, 2.24) is 0 Å². The van der Waals surface area contributed by atoms with Gasteiger partial charge in [-0.2, -0.15) is 0 Å². The van der Waals surface area contributed by atoms with Crippen LogP contribution in [0.1, 0.15) is 6.92 Å². The predicted octanol–water partition coefficient (Wildman–Crippen LogP) is 1.61. The van der Waals surface area contributed by atoms with E-state index < -0.39 is 4.92 Å². The third-order valence-electron chi connectivity index (χ3n) is 1.12. The second kappa shape index (κ2) is 3.31. The lowest BCUT2D eigenvalue weighted by Gasteiger charge is -1.95. The molecule has 1 N–H and O–H groups in total. The number of anilines is 1. The monoisotopic (exact) mass is 186 g/mol. The topological polar surface area (TPSA) is 72.2 Å². The van der Waals surface area contributed by atoms with Gasteiger partial charge in [0.2, 0.25) is 5.91 Å². The number of carbonyl (C=O) groups excluding carboxylic acids is 1. The molecule has 0 unspecified atom stereocenters. The normalized spacial score (nSPS) is 9.42. The third kappa shape index (κ3) is 1.79. The highest BCUT2D eigenvalue weighted by Gasteiger charge is 2.15. The SMILES string of the molecule is CC(=O)Nc1ccsc1[N+](=O)[O-]. The summed E-state index contributed by atoms with van der Waals surface area (Å²) in [7, 11) is 0. The average molecular weight is 186 g/mol. The fraction of sp³-hybridized carbons (Fsp3) is 0.167. The fourth-order valence-electron chi connectivity index (χ4n) is 0.727. The van der Waals surface area contributed by atoms with E-state index >= 15 is 0 Å². The molecule has 0 aliphatic rings.